The van der Waals surface area contributed by atoms with Gasteiger partial charge in [-0.2, -0.15) is 5.26 Å². The minimum atomic E-state index is -0.164. The van der Waals surface area contributed by atoms with E-state index in [1.807, 2.05) is 35.0 Å². The quantitative estimate of drug-likeness (QED) is 0.732. The van der Waals surface area contributed by atoms with E-state index >= 15 is 0 Å². The number of nitrogens with zero attached hydrogens (tertiary/aromatic N) is 3. The Morgan fingerprint density at radius 1 is 1.16 bits per heavy atom. The molecule has 0 aliphatic rings. The van der Waals surface area contributed by atoms with Gasteiger partial charge >= 0.3 is 0 Å². The molecule has 1 heterocycles. The van der Waals surface area contributed by atoms with Gasteiger partial charge in [-0.3, -0.25) is 4.79 Å². The molecule has 0 unspecified atom stereocenters. The molecule has 1 N–H and O–H groups in total. The van der Waals surface area contributed by atoms with Crippen LogP contribution in [0.25, 0.3) is 11.8 Å². The van der Waals surface area contributed by atoms with E-state index in [0.29, 0.717) is 12.1 Å². The van der Waals surface area contributed by atoms with Crippen LogP contribution < -0.4 is 5.32 Å². The molecule has 0 aliphatic carbocycles. The molecule has 0 aliphatic heterocycles. The van der Waals surface area contributed by atoms with Gasteiger partial charge in [-0.05, 0) is 41.5 Å². The number of imidazole rings is 1. The van der Waals surface area contributed by atoms with Crippen molar-refractivity contribution < 1.29 is 4.79 Å². The molecule has 3 rings (SSSR count). The molecule has 2 aromatic carbocycles. The first-order valence-electron chi connectivity index (χ1n) is 7.78. The van der Waals surface area contributed by atoms with Gasteiger partial charge in [0.25, 0.3) is 0 Å². The highest BCUT2D eigenvalue weighted by Crippen LogP contribution is 2.09. The average molecular weight is 328 g/mol. The van der Waals surface area contributed by atoms with E-state index < -0.39 is 0 Å². The summed E-state index contributed by atoms with van der Waals surface area (Å²) in [5, 5.41) is 11.6. The Labute approximate surface area is 145 Å². The van der Waals surface area contributed by atoms with Crippen molar-refractivity contribution in [3.05, 3.63) is 90.0 Å². The molecule has 0 bridgehead atoms. The van der Waals surface area contributed by atoms with E-state index in [4.69, 9.17) is 5.26 Å². The van der Waals surface area contributed by atoms with Crippen molar-refractivity contribution in [2.45, 2.75) is 6.54 Å². The molecule has 1 amide bonds. The Hall–Kier alpha value is -3.65. The van der Waals surface area contributed by atoms with E-state index in [1.54, 1.807) is 42.9 Å². The van der Waals surface area contributed by atoms with Crippen LogP contribution in [0.3, 0.4) is 0 Å². The van der Waals surface area contributed by atoms with Crippen LogP contribution in [0.4, 0.5) is 0 Å². The molecule has 25 heavy (non-hydrogen) atoms. The van der Waals surface area contributed by atoms with Gasteiger partial charge in [-0.25, -0.2) is 4.98 Å². The van der Waals surface area contributed by atoms with Gasteiger partial charge in [0.15, 0.2) is 0 Å². The molecule has 0 radical (unpaired) electrons. The van der Waals surface area contributed by atoms with Gasteiger partial charge in [0, 0.05) is 30.7 Å². The minimum Gasteiger partial charge on any atom is -0.348 e. The van der Waals surface area contributed by atoms with Crippen molar-refractivity contribution in [3.63, 3.8) is 0 Å². The lowest BCUT2D eigenvalue weighted by molar-refractivity contribution is -0.116. The topological polar surface area (TPSA) is 70.7 Å². The molecule has 0 saturated heterocycles. The van der Waals surface area contributed by atoms with Crippen molar-refractivity contribution in [1.82, 2.24) is 14.9 Å². The third-order valence-corrected chi connectivity index (χ3v) is 3.67. The third-order valence-electron chi connectivity index (χ3n) is 3.67. The Morgan fingerprint density at radius 3 is 2.56 bits per heavy atom. The van der Waals surface area contributed by atoms with E-state index in [-0.39, 0.29) is 5.91 Å². The summed E-state index contributed by atoms with van der Waals surface area (Å²) in [6.45, 7) is 0.459. The summed E-state index contributed by atoms with van der Waals surface area (Å²) in [5.74, 6) is -0.164. The van der Waals surface area contributed by atoms with Crippen molar-refractivity contribution in [2.75, 3.05) is 0 Å². The van der Waals surface area contributed by atoms with Crippen molar-refractivity contribution in [3.8, 4) is 11.8 Å². The molecular formula is C20H16N4O. The van der Waals surface area contributed by atoms with Crippen LogP contribution in [0.2, 0.25) is 0 Å². The fourth-order valence-electron chi connectivity index (χ4n) is 2.29. The second-order valence-corrected chi connectivity index (χ2v) is 5.42. The predicted molar refractivity (Wildman–Crippen MR) is 95.6 cm³/mol. The monoisotopic (exact) mass is 328 g/mol. The Bertz CT molecular complexity index is 902. The first-order chi connectivity index (χ1) is 12.2. The number of hydrogen-bond acceptors (Lipinski definition) is 3. The fourth-order valence-corrected chi connectivity index (χ4v) is 2.29. The summed E-state index contributed by atoms with van der Waals surface area (Å²) in [6, 6.07) is 17.0. The van der Waals surface area contributed by atoms with Crippen LogP contribution in [0.15, 0.2) is 73.3 Å². The lowest BCUT2D eigenvalue weighted by Crippen LogP contribution is -2.20. The summed E-state index contributed by atoms with van der Waals surface area (Å²) >= 11 is 0. The Kier molecular flexibility index (Phi) is 5.03. The fraction of sp³-hybridized carbons (Fsp3) is 0.0500. The number of carbonyl (C=O) groups is 1. The van der Waals surface area contributed by atoms with E-state index in [2.05, 4.69) is 16.4 Å². The van der Waals surface area contributed by atoms with Crippen molar-refractivity contribution >= 4 is 12.0 Å². The average Bonchev–Trinajstić information content (AvgIpc) is 3.20. The molecular weight excluding hydrogens is 312 g/mol. The zero-order valence-electron chi connectivity index (χ0n) is 13.5. The van der Waals surface area contributed by atoms with Crippen molar-refractivity contribution in [1.29, 1.82) is 5.26 Å². The van der Waals surface area contributed by atoms with Gasteiger partial charge in [0.2, 0.25) is 5.91 Å². The van der Waals surface area contributed by atoms with Crippen LogP contribution in [0.1, 0.15) is 16.7 Å². The maximum Gasteiger partial charge on any atom is 0.244 e. The van der Waals surface area contributed by atoms with Crippen LogP contribution in [0, 0.1) is 11.3 Å². The Morgan fingerprint density at radius 2 is 1.92 bits per heavy atom. The lowest BCUT2D eigenvalue weighted by atomic mass is 10.1. The standard InChI is InChI=1S/C20H16N4O/c21-13-17-3-1-16(2-4-17)7-10-20(25)23-14-18-5-8-19(9-6-18)24-12-11-22-15-24/h1-12,15H,14H2,(H,23,25)/b10-7+. The number of nitrogens with one attached hydrogen (secondary N) is 1. The smallest absolute Gasteiger partial charge is 0.244 e. The summed E-state index contributed by atoms with van der Waals surface area (Å²) in [6.07, 6.45) is 8.56. The largest absolute Gasteiger partial charge is 0.348 e. The van der Waals surface area contributed by atoms with Crippen LogP contribution in [-0.4, -0.2) is 15.5 Å². The lowest BCUT2D eigenvalue weighted by Gasteiger charge is -2.05. The number of carbonyl (C=O) groups excluding carboxylic acids is 1. The second-order valence-electron chi connectivity index (χ2n) is 5.42. The molecule has 0 fully saturated rings. The maximum absolute atomic E-state index is 11.9. The molecule has 3 aromatic rings. The van der Waals surface area contributed by atoms with Gasteiger partial charge in [0.05, 0.1) is 18.0 Å². The number of nitriles is 1. The SMILES string of the molecule is N#Cc1ccc(/C=C/C(=O)NCc2ccc(-n3ccnc3)cc2)cc1. The molecule has 0 atom stereocenters. The molecule has 0 saturated carbocycles. The highest BCUT2D eigenvalue weighted by atomic mass is 16.1. The summed E-state index contributed by atoms with van der Waals surface area (Å²) in [4.78, 5) is 15.9. The van der Waals surface area contributed by atoms with E-state index in [0.717, 1.165) is 16.8 Å². The minimum absolute atomic E-state index is 0.164. The van der Waals surface area contributed by atoms with Gasteiger partial charge in [-0.1, -0.05) is 24.3 Å². The van der Waals surface area contributed by atoms with Gasteiger partial charge < -0.3 is 9.88 Å². The molecule has 5 nitrogen and oxygen atoms in total. The first-order valence-corrected chi connectivity index (χ1v) is 7.78. The summed E-state index contributed by atoms with van der Waals surface area (Å²) in [5.41, 5.74) is 3.51. The highest BCUT2D eigenvalue weighted by molar-refractivity contribution is 5.91. The maximum atomic E-state index is 11.9. The molecule has 0 spiro atoms. The summed E-state index contributed by atoms with van der Waals surface area (Å²) in [7, 11) is 0. The van der Waals surface area contributed by atoms with Crippen LogP contribution in [0.5, 0.6) is 0 Å². The van der Waals surface area contributed by atoms with Gasteiger partial charge in [0.1, 0.15) is 0 Å². The van der Waals surface area contributed by atoms with Crippen LogP contribution >= 0.6 is 0 Å². The number of hydrogen-bond donors (Lipinski definition) is 1. The normalized spacial score (nSPS) is 10.5. The zero-order chi connectivity index (χ0) is 17.5. The third kappa shape index (κ3) is 4.43. The van der Waals surface area contributed by atoms with Gasteiger partial charge in [-0.15, -0.1) is 0 Å². The number of aromatic nitrogens is 2. The summed E-state index contributed by atoms with van der Waals surface area (Å²) < 4.78 is 1.92. The molecule has 5 heteroatoms. The highest BCUT2D eigenvalue weighted by Gasteiger charge is 1.99. The molecule has 1 aromatic heterocycles. The second kappa shape index (κ2) is 7.75. The number of rotatable bonds is 5. The van der Waals surface area contributed by atoms with E-state index in [1.165, 1.54) is 6.08 Å². The van der Waals surface area contributed by atoms with Crippen molar-refractivity contribution in [2.24, 2.45) is 0 Å². The predicted octanol–water partition coefficient (Wildman–Crippen LogP) is 3.07. The zero-order valence-corrected chi connectivity index (χ0v) is 13.5. The number of benzene rings is 2. The van der Waals surface area contributed by atoms with E-state index in [9.17, 15) is 4.79 Å². The Balaban J connectivity index is 1.53. The van der Waals surface area contributed by atoms with Crippen LogP contribution in [-0.2, 0) is 11.3 Å². The number of amides is 1. The first kappa shape index (κ1) is 16.2. The molecule has 122 valence electrons.